The van der Waals surface area contributed by atoms with E-state index in [0.717, 1.165) is 16.8 Å². The lowest BCUT2D eigenvalue weighted by Crippen LogP contribution is -2.29. The van der Waals surface area contributed by atoms with Gasteiger partial charge in [0, 0.05) is 10.5 Å². The molecule has 1 rings (SSSR count). The van der Waals surface area contributed by atoms with Crippen LogP contribution in [0.15, 0.2) is 22.7 Å². The fraction of sp³-hybridized carbons (Fsp3) is 0.571. The highest BCUT2D eigenvalue weighted by molar-refractivity contribution is 9.10. The Bertz CT molecular complexity index is 328. The van der Waals surface area contributed by atoms with Crippen LogP contribution in [-0.4, -0.2) is 0 Å². The highest BCUT2D eigenvalue weighted by Crippen LogP contribution is 2.27. The fourth-order valence-electron chi connectivity index (χ4n) is 2.22. The van der Waals surface area contributed by atoms with Gasteiger partial charge in [-0.3, -0.25) is 11.3 Å². The second-order valence-electron chi connectivity index (χ2n) is 4.70. The molecule has 1 atom stereocenters. The van der Waals surface area contributed by atoms with Gasteiger partial charge in [0.25, 0.3) is 0 Å². The van der Waals surface area contributed by atoms with Crippen LogP contribution in [0.2, 0.25) is 0 Å². The minimum absolute atomic E-state index is 0.246. The van der Waals surface area contributed by atoms with Crippen LogP contribution in [0.1, 0.15) is 50.3 Å². The van der Waals surface area contributed by atoms with Crippen LogP contribution >= 0.6 is 15.9 Å². The van der Waals surface area contributed by atoms with Crippen LogP contribution in [0.5, 0.6) is 0 Å². The number of halogens is 1. The van der Waals surface area contributed by atoms with Crippen molar-refractivity contribution in [1.29, 1.82) is 0 Å². The summed E-state index contributed by atoms with van der Waals surface area (Å²) in [6.07, 6.45) is 3.52. The van der Waals surface area contributed by atoms with Crippen molar-refractivity contribution in [2.75, 3.05) is 0 Å². The molecule has 0 aliphatic carbocycles. The molecule has 0 aliphatic heterocycles. The SMILES string of the molecule is CCC(CC)CC(NN)c1cc(C)cc(Br)c1. The summed E-state index contributed by atoms with van der Waals surface area (Å²) in [5.41, 5.74) is 5.48. The van der Waals surface area contributed by atoms with Crippen molar-refractivity contribution >= 4 is 15.9 Å². The Hall–Kier alpha value is -0.380. The van der Waals surface area contributed by atoms with E-state index in [4.69, 9.17) is 5.84 Å². The fourth-order valence-corrected chi connectivity index (χ4v) is 2.85. The molecule has 1 unspecified atom stereocenters. The molecule has 3 N–H and O–H groups in total. The normalized spacial score (nSPS) is 13.1. The van der Waals surface area contributed by atoms with Crippen LogP contribution in [-0.2, 0) is 0 Å². The zero-order chi connectivity index (χ0) is 12.8. The van der Waals surface area contributed by atoms with Gasteiger partial charge in [-0.25, -0.2) is 0 Å². The molecule has 0 saturated carbocycles. The number of hydrazine groups is 1. The smallest absolute Gasteiger partial charge is 0.0463 e. The number of nitrogens with two attached hydrogens (primary N) is 1. The van der Waals surface area contributed by atoms with Gasteiger partial charge in [0.05, 0.1) is 0 Å². The minimum Gasteiger partial charge on any atom is -0.271 e. The molecule has 1 aromatic carbocycles. The molecule has 1 aromatic rings. The van der Waals surface area contributed by atoms with Gasteiger partial charge in [0.1, 0.15) is 0 Å². The van der Waals surface area contributed by atoms with Gasteiger partial charge in [-0.2, -0.15) is 0 Å². The first kappa shape index (κ1) is 14.7. The summed E-state index contributed by atoms with van der Waals surface area (Å²) in [4.78, 5) is 0. The third-order valence-corrected chi connectivity index (χ3v) is 3.85. The molecule has 0 radical (unpaired) electrons. The zero-order valence-corrected chi connectivity index (χ0v) is 12.5. The molecule has 0 bridgehead atoms. The van der Waals surface area contributed by atoms with Gasteiger partial charge in [-0.1, -0.05) is 48.7 Å². The molecule has 96 valence electrons. The van der Waals surface area contributed by atoms with Crippen molar-refractivity contribution in [2.24, 2.45) is 11.8 Å². The average Bonchev–Trinajstić information content (AvgIpc) is 2.29. The van der Waals surface area contributed by atoms with Crippen molar-refractivity contribution in [2.45, 2.75) is 46.1 Å². The minimum atomic E-state index is 0.246. The van der Waals surface area contributed by atoms with Crippen LogP contribution in [0.4, 0.5) is 0 Å². The van der Waals surface area contributed by atoms with Gasteiger partial charge in [-0.15, -0.1) is 0 Å². The topological polar surface area (TPSA) is 38.0 Å². The van der Waals surface area contributed by atoms with E-state index >= 15 is 0 Å². The summed E-state index contributed by atoms with van der Waals surface area (Å²) in [5.74, 6) is 6.43. The van der Waals surface area contributed by atoms with Gasteiger partial charge in [0.15, 0.2) is 0 Å². The second-order valence-corrected chi connectivity index (χ2v) is 5.62. The molecule has 0 spiro atoms. The molecule has 0 saturated heterocycles. The first-order valence-electron chi connectivity index (χ1n) is 6.33. The molecule has 17 heavy (non-hydrogen) atoms. The van der Waals surface area contributed by atoms with Gasteiger partial charge in [-0.05, 0) is 42.5 Å². The Balaban J connectivity index is 2.85. The molecule has 0 aromatic heterocycles. The molecular weight excluding hydrogens is 276 g/mol. The first-order chi connectivity index (χ1) is 8.10. The summed E-state index contributed by atoms with van der Waals surface area (Å²) in [6, 6.07) is 6.72. The van der Waals surface area contributed by atoms with Crippen LogP contribution in [0, 0.1) is 12.8 Å². The highest BCUT2D eigenvalue weighted by atomic mass is 79.9. The molecule has 2 nitrogen and oxygen atoms in total. The predicted octanol–water partition coefficient (Wildman–Crippen LogP) is 4.09. The molecule has 0 aliphatic rings. The number of rotatable bonds is 6. The summed E-state index contributed by atoms with van der Waals surface area (Å²) in [7, 11) is 0. The Morgan fingerprint density at radius 1 is 1.24 bits per heavy atom. The van der Waals surface area contributed by atoms with E-state index in [2.05, 4.69) is 60.3 Å². The maximum absolute atomic E-state index is 5.70. The molecule has 0 amide bonds. The van der Waals surface area contributed by atoms with E-state index in [1.165, 1.54) is 24.0 Å². The Kier molecular flexibility index (Phi) is 6.17. The van der Waals surface area contributed by atoms with E-state index < -0.39 is 0 Å². The standard InChI is InChI=1S/C14H23BrN2/c1-4-11(5-2)8-14(17-16)12-6-10(3)7-13(15)9-12/h6-7,9,11,14,17H,4-5,8,16H2,1-3H3. The van der Waals surface area contributed by atoms with E-state index in [0.29, 0.717) is 0 Å². The average molecular weight is 299 g/mol. The Labute approximate surface area is 113 Å². The number of nitrogens with one attached hydrogen (secondary N) is 1. The molecule has 0 fully saturated rings. The number of hydrogen-bond acceptors (Lipinski definition) is 2. The lowest BCUT2D eigenvalue weighted by Gasteiger charge is -2.22. The highest BCUT2D eigenvalue weighted by Gasteiger charge is 2.15. The van der Waals surface area contributed by atoms with Crippen molar-refractivity contribution < 1.29 is 0 Å². The van der Waals surface area contributed by atoms with E-state index in [1.54, 1.807) is 0 Å². The summed E-state index contributed by atoms with van der Waals surface area (Å²) in [6.45, 7) is 6.60. The number of hydrogen-bond donors (Lipinski definition) is 2. The first-order valence-corrected chi connectivity index (χ1v) is 7.13. The summed E-state index contributed by atoms with van der Waals surface area (Å²) < 4.78 is 1.12. The van der Waals surface area contributed by atoms with Crippen molar-refractivity contribution in [1.82, 2.24) is 5.43 Å². The quantitative estimate of drug-likeness (QED) is 0.613. The maximum atomic E-state index is 5.70. The third-order valence-electron chi connectivity index (χ3n) is 3.39. The molecule has 0 heterocycles. The Morgan fingerprint density at radius 3 is 2.35 bits per heavy atom. The summed E-state index contributed by atoms with van der Waals surface area (Å²) >= 11 is 3.54. The van der Waals surface area contributed by atoms with Gasteiger partial charge in [0.2, 0.25) is 0 Å². The predicted molar refractivity (Wildman–Crippen MR) is 77.6 cm³/mol. The maximum Gasteiger partial charge on any atom is 0.0463 e. The van der Waals surface area contributed by atoms with Crippen LogP contribution in [0.3, 0.4) is 0 Å². The molecule has 3 heteroatoms. The van der Waals surface area contributed by atoms with E-state index in [9.17, 15) is 0 Å². The van der Waals surface area contributed by atoms with Crippen molar-refractivity contribution in [3.05, 3.63) is 33.8 Å². The summed E-state index contributed by atoms with van der Waals surface area (Å²) in [5, 5.41) is 0. The zero-order valence-electron chi connectivity index (χ0n) is 11.0. The van der Waals surface area contributed by atoms with Gasteiger partial charge >= 0.3 is 0 Å². The Morgan fingerprint density at radius 2 is 1.88 bits per heavy atom. The lowest BCUT2D eigenvalue weighted by atomic mass is 9.91. The van der Waals surface area contributed by atoms with E-state index in [1.807, 2.05) is 0 Å². The number of aryl methyl sites for hydroxylation is 1. The molecular formula is C14H23BrN2. The van der Waals surface area contributed by atoms with Gasteiger partial charge < -0.3 is 0 Å². The third kappa shape index (κ3) is 4.41. The van der Waals surface area contributed by atoms with Crippen molar-refractivity contribution in [3.8, 4) is 0 Å². The second kappa shape index (κ2) is 7.14. The number of benzene rings is 1. The van der Waals surface area contributed by atoms with Crippen LogP contribution < -0.4 is 11.3 Å². The monoisotopic (exact) mass is 298 g/mol. The largest absolute Gasteiger partial charge is 0.271 e. The van der Waals surface area contributed by atoms with Crippen LogP contribution in [0.25, 0.3) is 0 Å². The lowest BCUT2D eigenvalue weighted by molar-refractivity contribution is 0.375. The van der Waals surface area contributed by atoms with Crippen molar-refractivity contribution in [3.63, 3.8) is 0 Å². The van der Waals surface area contributed by atoms with E-state index in [-0.39, 0.29) is 6.04 Å².